The number of amides is 1. The average Bonchev–Trinajstić information content (AvgIpc) is 3.45. The van der Waals surface area contributed by atoms with Crippen LogP contribution in [0.25, 0.3) is 0 Å². The number of nitrogens with one attached hydrogen (secondary N) is 1. The predicted octanol–water partition coefficient (Wildman–Crippen LogP) is 3.09. The van der Waals surface area contributed by atoms with Gasteiger partial charge in [0, 0.05) is 23.4 Å². The maximum Gasteiger partial charge on any atom is 0.231 e. The van der Waals surface area contributed by atoms with E-state index in [1.54, 1.807) is 16.4 Å². The molecule has 0 spiro atoms. The van der Waals surface area contributed by atoms with E-state index in [-0.39, 0.29) is 18.4 Å². The summed E-state index contributed by atoms with van der Waals surface area (Å²) in [6, 6.07) is 7.75. The molecular weight excluding hydrogens is 408 g/mol. The molecule has 1 atom stereocenters. The lowest BCUT2D eigenvalue weighted by molar-refractivity contribution is -0.115. The van der Waals surface area contributed by atoms with Crippen molar-refractivity contribution in [1.82, 2.24) is 25.2 Å². The first-order valence-corrected chi connectivity index (χ1v) is 11.3. The maximum absolute atomic E-state index is 12.2. The van der Waals surface area contributed by atoms with Crippen molar-refractivity contribution in [3.05, 3.63) is 45.9 Å². The quantitative estimate of drug-likeness (QED) is 0.549. The molecule has 0 saturated carbocycles. The minimum atomic E-state index is -0.0667. The summed E-state index contributed by atoms with van der Waals surface area (Å²) < 4.78 is 7.45. The van der Waals surface area contributed by atoms with Crippen LogP contribution in [0.3, 0.4) is 0 Å². The van der Waals surface area contributed by atoms with Crippen LogP contribution < -0.4 is 5.32 Å². The minimum absolute atomic E-state index is 0.0667. The smallest absolute Gasteiger partial charge is 0.231 e. The topological polar surface area (TPSA) is 94.8 Å². The van der Waals surface area contributed by atoms with Gasteiger partial charge in [-0.25, -0.2) is 9.67 Å². The summed E-state index contributed by atoms with van der Waals surface area (Å²) in [5.74, 6) is 0.588. The van der Waals surface area contributed by atoms with E-state index in [1.165, 1.54) is 11.3 Å². The molecule has 1 N–H and O–H groups in total. The monoisotopic (exact) mass is 430 g/mol. The maximum atomic E-state index is 12.2. The highest BCUT2D eigenvalue weighted by Gasteiger charge is 2.19. The van der Waals surface area contributed by atoms with Crippen LogP contribution in [0.1, 0.15) is 29.1 Å². The molecular formula is C19H22N6O2S2. The standard InChI is InChI=1S/C19H22N6O2S2/c1-13-4-6-14(7-5-13)20-17(26)9-18-21-15(11-28-18)12-29-19-22-23-24-25(19)10-16-3-2-8-27-16/h4-7,11,16H,2-3,8-10,12H2,1H3,(H,20,26). The minimum Gasteiger partial charge on any atom is -0.376 e. The molecule has 1 unspecified atom stereocenters. The van der Waals surface area contributed by atoms with Crippen LogP contribution in [0.2, 0.25) is 0 Å². The average molecular weight is 431 g/mol. The SMILES string of the molecule is Cc1ccc(NC(=O)Cc2nc(CSc3nnnn3CC3CCCO3)cs2)cc1. The van der Waals surface area contributed by atoms with Crippen molar-refractivity contribution in [2.24, 2.45) is 0 Å². The highest BCUT2D eigenvalue weighted by molar-refractivity contribution is 7.98. The molecule has 1 fully saturated rings. The van der Waals surface area contributed by atoms with Gasteiger partial charge in [0.2, 0.25) is 11.1 Å². The first kappa shape index (κ1) is 20.0. The summed E-state index contributed by atoms with van der Waals surface area (Å²) >= 11 is 3.04. The normalized spacial score (nSPS) is 16.2. The van der Waals surface area contributed by atoms with E-state index in [9.17, 15) is 4.79 Å². The van der Waals surface area contributed by atoms with Crippen LogP contribution in [0.15, 0.2) is 34.8 Å². The van der Waals surface area contributed by atoms with Gasteiger partial charge < -0.3 is 10.1 Å². The Hall–Kier alpha value is -2.30. The third kappa shape index (κ3) is 5.62. The second-order valence-electron chi connectivity index (χ2n) is 6.89. The summed E-state index contributed by atoms with van der Waals surface area (Å²) in [6.45, 7) is 3.51. The number of nitrogens with zero attached hydrogens (tertiary/aromatic N) is 5. The molecule has 152 valence electrons. The Morgan fingerprint density at radius 3 is 3.03 bits per heavy atom. The number of benzene rings is 1. The largest absolute Gasteiger partial charge is 0.376 e. The van der Waals surface area contributed by atoms with Gasteiger partial charge in [-0.15, -0.1) is 16.4 Å². The van der Waals surface area contributed by atoms with E-state index in [4.69, 9.17) is 4.74 Å². The van der Waals surface area contributed by atoms with Crippen LogP contribution in [0, 0.1) is 6.92 Å². The van der Waals surface area contributed by atoms with E-state index in [1.807, 2.05) is 36.6 Å². The van der Waals surface area contributed by atoms with Gasteiger partial charge >= 0.3 is 0 Å². The Kier molecular flexibility index (Phi) is 6.53. The van der Waals surface area contributed by atoms with Crippen LogP contribution in [0.4, 0.5) is 5.69 Å². The second kappa shape index (κ2) is 9.47. The molecule has 0 radical (unpaired) electrons. The number of aryl methyl sites for hydroxylation is 1. The molecule has 0 bridgehead atoms. The van der Waals surface area contributed by atoms with Crippen LogP contribution in [-0.2, 0) is 28.2 Å². The number of carbonyl (C=O) groups excluding carboxylic acids is 1. The van der Waals surface area contributed by atoms with Crippen molar-refractivity contribution < 1.29 is 9.53 Å². The summed E-state index contributed by atoms with van der Waals surface area (Å²) in [5, 5.41) is 18.4. The zero-order valence-corrected chi connectivity index (χ0v) is 17.7. The fourth-order valence-electron chi connectivity index (χ4n) is 3.01. The fourth-order valence-corrected chi connectivity index (χ4v) is 4.69. The predicted molar refractivity (Wildman–Crippen MR) is 112 cm³/mol. The molecule has 3 heterocycles. The molecule has 1 aliphatic heterocycles. The van der Waals surface area contributed by atoms with Gasteiger partial charge in [0.05, 0.1) is 24.8 Å². The number of thiazole rings is 1. The van der Waals surface area contributed by atoms with Gasteiger partial charge in [0.1, 0.15) is 5.01 Å². The van der Waals surface area contributed by atoms with Crippen molar-refractivity contribution in [3.8, 4) is 0 Å². The summed E-state index contributed by atoms with van der Waals surface area (Å²) in [4.78, 5) is 16.8. The lowest BCUT2D eigenvalue weighted by atomic mass is 10.2. The van der Waals surface area contributed by atoms with Gasteiger partial charge in [0.15, 0.2) is 0 Å². The van der Waals surface area contributed by atoms with Crippen molar-refractivity contribution in [2.45, 2.75) is 49.7 Å². The van der Waals surface area contributed by atoms with E-state index in [0.29, 0.717) is 12.3 Å². The van der Waals surface area contributed by atoms with E-state index in [0.717, 1.165) is 46.6 Å². The number of aromatic nitrogens is 5. The van der Waals surface area contributed by atoms with Crippen LogP contribution in [0.5, 0.6) is 0 Å². The van der Waals surface area contributed by atoms with Crippen molar-refractivity contribution in [2.75, 3.05) is 11.9 Å². The molecule has 1 aliphatic rings. The number of tetrazole rings is 1. The lowest BCUT2D eigenvalue weighted by Crippen LogP contribution is -2.16. The number of ether oxygens (including phenoxy) is 1. The van der Waals surface area contributed by atoms with Gasteiger partial charge in [-0.05, 0) is 42.3 Å². The first-order valence-electron chi connectivity index (χ1n) is 9.46. The lowest BCUT2D eigenvalue weighted by Gasteiger charge is -2.09. The second-order valence-corrected chi connectivity index (χ2v) is 8.78. The molecule has 3 aromatic rings. The highest BCUT2D eigenvalue weighted by Crippen LogP contribution is 2.23. The zero-order chi connectivity index (χ0) is 20.1. The number of hydrogen-bond donors (Lipinski definition) is 1. The Morgan fingerprint density at radius 1 is 1.38 bits per heavy atom. The molecule has 1 saturated heterocycles. The van der Waals surface area contributed by atoms with Gasteiger partial charge in [-0.2, -0.15) is 0 Å². The Labute approximate surface area is 177 Å². The molecule has 8 nitrogen and oxygen atoms in total. The number of hydrogen-bond acceptors (Lipinski definition) is 8. The molecule has 1 aromatic carbocycles. The molecule has 29 heavy (non-hydrogen) atoms. The number of carbonyl (C=O) groups is 1. The third-order valence-electron chi connectivity index (χ3n) is 4.50. The van der Waals surface area contributed by atoms with Gasteiger partial charge in [-0.1, -0.05) is 29.5 Å². The van der Waals surface area contributed by atoms with Crippen molar-refractivity contribution >= 4 is 34.7 Å². The summed E-state index contributed by atoms with van der Waals surface area (Å²) in [6.07, 6.45) is 2.59. The van der Waals surface area contributed by atoms with E-state index < -0.39 is 0 Å². The molecule has 4 rings (SSSR count). The molecule has 10 heteroatoms. The number of rotatable bonds is 8. The Bertz CT molecular complexity index is 950. The Morgan fingerprint density at radius 2 is 2.24 bits per heavy atom. The van der Waals surface area contributed by atoms with Crippen molar-refractivity contribution in [1.29, 1.82) is 0 Å². The third-order valence-corrected chi connectivity index (χ3v) is 6.38. The zero-order valence-electron chi connectivity index (χ0n) is 16.1. The van der Waals surface area contributed by atoms with Crippen LogP contribution >= 0.6 is 23.1 Å². The van der Waals surface area contributed by atoms with Crippen LogP contribution in [-0.4, -0.2) is 43.8 Å². The summed E-state index contributed by atoms with van der Waals surface area (Å²) in [7, 11) is 0. The molecule has 0 aliphatic carbocycles. The number of anilines is 1. The van der Waals surface area contributed by atoms with Gasteiger partial charge in [0.25, 0.3) is 0 Å². The van der Waals surface area contributed by atoms with Crippen molar-refractivity contribution in [3.63, 3.8) is 0 Å². The fraction of sp³-hybridized carbons (Fsp3) is 0.421. The molecule has 2 aromatic heterocycles. The van der Waals surface area contributed by atoms with E-state index in [2.05, 4.69) is 25.8 Å². The summed E-state index contributed by atoms with van der Waals surface area (Å²) in [5.41, 5.74) is 2.88. The van der Waals surface area contributed by atoms with E-state index >= 15 is 0 Å². The molecule has 1 amide bonds. The number of thioether (sulfide) groups is 1. The first-order chi connectivity index (χ1) is 14.2. The Balaban J connectivity index is 1.28. The van der Waals surface area contributed by atoms with Gasteiger partial charge in [-0.3, -0.25) is 4.79 Å². The highest BCUT2D eigenvalue weighted by atomic mass is 32.2.